The van der Waals surface area contributed by atoms with E-state index in [1.165, 1.54) is 5.56 Å². The Hall–Kier alpha value is -3.26. The lowest BCUT2D eigenvalue weighted by Gasteiger charge is -2.42. The molecule has 0 radical (unpaired) electrons. The average molecular weight is 487 g/mol. The van der Waals surface area contributed by atoms with Gasteiger partial charge in [-0.25, -0.2) is 4.98 Å². The first-order valence-electron chi connectivity index (χ1n) is 12.0. The standard InChI is InChI=1S/C28H30N4O2S/c33-35(34,31-21-23-9-3-1-4-10-23)32-19-16-28(17-20-32,25-12-5-2-6-13-25)22-30-27-26-14-8-7-11-24(26)15-18-29-27/h1-15,18,31H,16-17,19-22H2,(H,29,30). The van der Waals surface area contributed by atoms with E-state index in [2.05, 4.69) is 51.4 Å². The van der Waals surface area contributed by atoms with Crippen molar-refractivity contribution in [2.24, 2.45) is 0 Å². The number of aromatic nitrogens is 1. The van der Waals surface area contributed by atoms with Crippen molar-refractivity contribution < 1.29 is 8.42 Å². The summed E-state index contributed by atoms with van der Waals surface area (Å²) in [5.74, 6) is 0.859. The second kappa shape index (κ2) is 10.2. The molecule has 180 valence electrons. The highest BCUT2D eigenvalue weighted by molar-refractivity contribution is 7.87. The fourth-order valence-corrected chi connectivity index (χ4v) is 6.08. The predicted octanol–water partition coefficient (Wildman–Crippen LogP) is 4.72. The predicted molar refractivity (Wildman–Crippen MR) is 141 cm³/mol. The molecule has 35 heavy (non-hydrogen) atoms. The first-order valence-corrected chi connectivity index (χ1v) is 13.4. The molecule has 1 saturated heterocycles. The number of benzene rings is 3. The van der Waals surface area contributed by atoms with E-state index in [1.807, 2.05) is 60.8 Å². The van der Waals surface area contributed by atoms with Gasteiger partial charge in [0.2, 0.25) is 0 Å². The van der Waals surface area contributed by atoms with E-state index in [1.54, 1.807) is 4.31 Å². The van der Waals surface area contributed by atoms with Crippen LogP contribution in [0.2, 0.25) is 0 Å². The van der Waals surface area contributed by atoms with Crippen molar-refractivity contribution in [2.75, 3.05) is 25.0 Å². The normalized spacial score (nSPS) is 16.2. The van der Waals surface area contributed by atoms with Crippen LogP contribution in [0.15, 0.2) is 97.2 Å². The number of fused-ring (bicyclic) bond motifs is 1. The molecule has 2 heterocycles. The van der Waals surface area contributed by atoms with Crippen LogP contribution in [0.3, 0.4) is 0 Å². The minimum Gasteiger partial charge on any atom is -0.369 e. The van der Waals surface area contributed by atoms with Crippen LogP contribution in [0.25, 0.3) is 10.8 Å². The summed E-state index contributed by atoms with van der Waals surface area (Å²) < 4.78 is 30.4. The molecule has 2 N–H and O–H groups in total. The summed E-state index contributed by atoms with van der Waals surface area (Å²) in [5.41, 5.74) is 1.98. The lowest BCUT2D eigenvalue weighted by Crippen LogP contribution is -2.51. The molecule has 1 aromatic heterocycles. The zero-order valence-electron chi connectivity index (χ0n) is 19.6. The first-order chi connectivity index (χ1) is 17.1. The molecule has 7 heteroatoms. The number of pyridine rings is 1. The van der Waals surface area contributed by atoms with Gasteiger partial charge in [-0.05, 0) is 35.4 Å². The molecule has 0 saturated carbocycles. The lowest BCUT2D eigenvalue weighted by molar-refractivity contribution is 0.240. The van der Waals surface area contributed by atoms with E-state index in [4.69, 9.17) is 0 Å². The van der Waals surface area contributed by atoms with Crippen LogP contribution in [0.4, 0.5) is 5.82 Å². The van der Waals surface area contributed by atoms with Crippen molar-refractivity contribution >= 4 is 26.8 Å². The Bertz CT molecular complexity index is 1360. The lowest BCUT2D eigenvalue weighted by atomic mass is 9.73. The van der Waals surface area contributed by atoms with Crippen molar-refractivity contribution in [3.8, 4) is 0 Å². The Balaban J connectivity index is 1.32. The molecule has 0 bridgehead atoms. The highest BCUT2D eigenvalue weighted by atomic mass is 32.2. The van der Waals surface area contributed by atoms with Crippen molar-refractivity contribution in [3.05, 3.63) is 108 Å². The van der Waals surface area contributed by atoms with Gasteiger partial charge < -0.3 is 5.32 Å². The maximum Gasteiger partial charge on any atom is 0.279 e. The first kappa shape index (κ1) is 23.5. The Kier molecular flexibility index (Phi) is 6.81. The maximum atomic E-state index is 13.0. The Morgan fingerprint density at radius 2 is 1.49 bits per heavy atom. The monoisotopic (exact) mass is 486 g/mol. The number of nitrogens with zero attached hydrogens (tertiary/aromatic N) is 2. The molecule has 1 aliphatic rings. The van der Waals surface area contributed by atoms with Gasteiger partial charge in [0, 0.05) is 43.2 Å². The number of rotatable bonds is 8. The molecule has 0 atom stereocenters. The molecule has 1 fully saturated rings. The molecule has 6 nitrogen and oxygen atoms in total. The van der Waals surface area contributed by atoms with Crippen LogP contribution in [-0.4, -0.2) is 37.3 Å². The van der Waals surface area contributed by atoms with Crippen molar-refractivity contribution in [1.29, 1.82) is 0 Å². The van der Waals surface area contributed by atoms with Gasteiger partial charge in [0.1, 0.15) is 5.82 Å². The van der Waals surface area contributed by atoms with E-state index in [0.29, 0.717) is 19.6 Å². The Labute approximate surface area is 207 Å². The van der Waals surface area contributed by atoms with Gasteiger partial charge in [-0.2, -0.15) is 17.4 Å². The van der Waals surface area contributed by atoms with Crippen LogP contribution in [-0.2, 0) is 22.2 Å². The summed E-state index contributed by atoms with van der Waals surface area (Å²) in [5, 5.41) is 5.83. The quantitative estimate of drug-likeness (QED) is 0.378. The molecular formula is C28H30N4O2S. The fraction of sp³-hybridized carbons (Fsp3) is 0.250. The average Bonchev–Trinajstić information content (AvgIpc) is 2.92. The van der Waals surface area contributed by atoms with Gasteiger partial charge in [0.15, 0.2) is 0 Å². The summed E-state index contributed by atoms with van der Waals surface area (Å²) >= 11 is 0. The molecule has 0 spiro atoms. The molecule has 3 aromatic carbocycles. The van der Waals surface area contributed by atoms with Gasteiger partial charge >= 0.3 is 0 Å². The SMILES string of the molecule is O=S(=O)(NCc1ccccc1)N1CCC(CNc2nccc3ccccc23)(c2ccccc2)CC1. The molecule has 0 amide bonds. The third-order valence-electron chi connectivity index (χ3n) is 6.97. The summed E-state index contributed by atoms with van der Waals surface area (Å²) in [4.78, 5) is 4.60. The third-order valence-corrected chi connectivity index (χ3v) is 8.53. The molecule has 5 rings (SSSR count). The van der Waals surface area contributed by atoms with Gasteiger partial charge in [-0.3, -0.25) is 0 Å². The summed E-state index contributed by atoms with van der Waals surface area (Å²) in [6.45, 7) is 1.90. The van der Waals surface area contributed by atoms with Gasteiger partial charge in [-0.1, -0.05) is 84.9 Å². The summed E-state index contributed by atoms with van der Waals surface area (Å²) in [6.07, 6.45) is 3.27. The maximum absolute atomic E-state index is 13.0. The van der Waals surface area contributed by atoms with Crippen LogP contribution < -0.4 is 10.0 Å². The molecule has 4 aromatic rings. The molecule has 0 unspecified atom stereocenters. The second-order valence-corrected chi connectivity index (χ2v) is 10.8. The van der Waals surface area contributed by atoms with E-state index in [0.717, 1.165) is 35.0 Å². The van der Waals surface area contributed by atoms with E-state index >= 15 is 0 Å². The number of nitrogens with one attached hydrogen (secondary N) is 2. The summed E-state index contributed by atoms with van der Waals surface area (Å²) in [6, 6.07) is 30.2. The van der Waals surface area contributed by atoms with E-state index in [9.17, 15) is 8.42 Å². The topological polar surface area (TPSA) is 74.3 Å². The highest BCUT2D eigenvalue weighted by Crippen LogP contribution is 2.37. The Morgan fingerprint density at radius 3 is 2.23 bits per heavy atom. The smallest absolute Gasteiger partial charge is 0.279 e. The minimum absolute atomic E-state index is 0.189. The van der Waals surface area contributed by atoms with Crippen LogP contribution in [0.1, 0.15) is 24.0 Å². The van der Waals surface area contributed by atoms with E-state index < -0.39 is 10.2 Å². The van der Waals surface area contributed by atoms with E-state index in [-0.39, 0.29) is 12.0 Å². The van der Waals surface area contributed by atoms with Gasteiger partial charge in [-0.15, -0.1) is 0 Å². The third kappa shape index (κ3) is 5.22. The Morgan fingerprint density at radius 1 is 0.829 bits per heavy atom. The molecule has 0 aliphatic carbocycles. The largest absolute Gasteiger partial charge is 0.369 e. The molecule has 1 aliphatic heterocycles. The summed E-state index contributed by atoms with van der Waals surface area (Å²) in [7, 11) is -3.56. The minimum atomic E-state index is -3.56. The fourth-order valence-electron chi connectivity index (χ4n) is 4.89. The van der Waals surface area contributed by atoms with Crippen molar-refractivity contribution in [2.45, 2.75) is 24.8 Å². The highest BCUT2D eigenvalue weighted by Gasteiger charge is 2.39. The number of anilines is 1. The number of hydrogen-bond acceptors (Lipinski definition) is 4. The van der Waals surface area contributed by atoms with Crippen molar-refractivity contribution in [1.82, 2.24) is 14.0 Å². The van der Waals surface area contributed by atoms with Crippen LogP contribution in [0.5, 0.6) is 0 Å². The zero-order valence-corrected chi connectivity index (χ0v) is 20.4. The van der Waals surface area contributed by atoms with Crippen LogP contribution in [0, 0.1) is 0 Å². The zero-order chi connectivity index (χ0) is 24.1. The number of piperidine rings is 1. The van der Waals surface area contributed by atoms with Crippen molar-refractivity contribution in [3.63, 3.8) is 0 Å². The van der Waals surface area contributed by atoms with Gasteiger partial charge in [0.05, 0.1) is 0 Å². The van der Waals surface area contributed by atoms with Crippen LogP contribution >= 0.6 is 0 Å². The molecular weight excluding hydrogens is 456 g/mol. The second-order valence-electron chi connectivity index (χ2n) is 9.09. The number of hydrogen-bond donors (Lipinski definition) is 2. The van der Waals surface area contributed by atoms with Gasteiger partial charge in [0.25, 0.3) is 10.2 Å².